The molecule has 0 amide bonds. The zero-order valence-electron chi connectivity index (χ0n) is 17.6. The van der Waals surface area contributed by atoms with Crippen LogP contribution >= 0.6 is 24.0 Å². The number of guanidine groups is 1. The zero-order valence-corrected chi connectivity index (χ0v) is 19.9. The van der Waals surface area contributed by atoms with E-state index in [0.717, 1.165) is 35.0 Å². The molecule has 2 N–H and O–H groups in total. The fraction of sp³-hybridized carbons (Fsp3) is 0.500. The lowest BCUT2D eigenvalue weighted by atomic mass is 10.1. The lowest BCUT2D eigenvalue weighted by Gasteiger charge is -2.26. The normalized spacial score (nSPS) is 12.6. The number of hydrogen-bond donors (Lipinski definition) is 2. The smallest absolute Gasteiger partial charge is 0.191 e. The van der Waals surface area contributed by atoms with Crippen molar-refractivity contribution in [2.24, 2.45) is 12.0 Å². The SMILES string of the molecule is CCNC(=NCc1c(C)nn(C)c1C)NCC(c1cccc(F)c1)N(C)C.I. The number of aromatic nitrogens is 2. The Morgan fingerprint density at radius 2 is 2.00 bits per heavy atom. The molecule has 0 saturated carbocycles. The van der Waals surface area contributed by atoms with E-state index in [1.54, 1.807) is 12.1 Å². The van der Waals surface area contributed by atoms with Crippen molar-refractivity contribution >= 4 is 29.9 Å². The van der Waals surface area contributed by atoms with Crippen molar-refractivity contribution in [3.63, 3.8) is 0 Å². The average Bonchev–Trinajstić information content (AvgIpc) is 2.85. The highest BCUT2D eigenvalue weighted by Gasteiger charge is 2.15. The molecule has 2 aromatic rings. The molecular formula is C20H32FIN6. The maximum absolute atomic E-state index is 13.6. The molecule has 1 heterocycles. The third kappa shape index (κ3) is 6.44. The molecule has 28 heavy (non-hydrogen) atoms. The minimum absolute atomic E-state index is 0. The second kappa shape index (κ2) is 11.4. The quantitative estimate of drug-likeness (QED) is 0.347. The van der Waals surface area contributed by atoms with Crippen LogP contribution < -0.4 is 10.6 Å². The van der Waals surface area contributed by atoms with Crippen LogP contribution in [0.5, 0.6) is 0 Å². The molecule has 1 unspecified atom stereocenters. The van der Waals surface area contributed by atoms with Gasteiger partial charge in [0.25, 0.3) is 0 Å². The molecule has 0 aliphatic carbocycles. The summed E-state index contributed by atoms with van der Waals surface area (Å²) in [7, 11) is 5.92. The third-order valence-electron chi connectivity index (χ3n) is 4.72. The van der Waals surface area contributed by atoms with Gasteiger partial charge in [0.1, 0.15) is 5.82 Å². The van der Waals surface area contributed by atoms with Gasteiger partial charge in [-0.05, 0) is 52.6 Å². The molecule has 1 atom stereocenters. The number of nitrogens with zero attached hydrogens (tertiary/aromatic N) is 4. The lowest BCUT2D eigenvalue weighted by molar-refractivity contribution is 0.297. The Bertz CT molecular complexity index is 787. The Labute approximate surface area is 184 Å². The molecule has 1 aromatic carbocycles. The van der Waals surface area contributed by atoms with Crippen molar-refractivity contribution < 1.29 is 4.39 Å². The van der Waals surface area contributed by atoms with Crippen LogP contribution in [-0.2, 0) is 13.6 Å². The van der Waals surface area contributed by atoms with Gasteiger partial charge in [0.05, 0.1) is 18.3 Å². The molecule has 1 aromatic heterocycles. The van der Waals surface area contributed by atoms with Crippen molar-refractivity contribution in [2.75, 3.05) is 27.2 Å². The molecule has 8 heteroatoms. The van der Waals surface area contributed by atoms with Crippen molar-refractivity contribution in [1.82, 2.24) is 25.3 Å². The molecule has 156 valence electrons. The van der Waals surface area contributed by atoms with Crippen LogP contribution in [0.1, 0.15) is 35.5 Å². The molecule has 2 rings (SSSR count). The van der Waals surface area contributed by atoms with Crippen molar-refractivity contribution in [1.29, 1.82) is 0 Å². The number of benzene rings is 1. The fourth-order valence-corrected chi connectivity index (χ4v) is 3.05. The average molecular weight is 502 g/mol. The van der Waals surface area contributed by atoms with Gasteiger partial charge in [0.15, 0.2) is 5.96 Å². The zero-order chi connectivity index (χ0) is 20.0. The van der Waals surface area contributed by atoms with Crippen LogP contribution in [0.3, 0.4) is 0 Å². The molecule has 0 aliphatic rings. The predicted octanol–water partition coefficient (Wildman–Crippen LogP) is 3.15. The van der Waals surface area contributed by atoms with Crippen LogP contribution in [0.2, 0.25) is 0 Å². The van der Waals surface area contributed by atoms with Gasteiger partial charge in [-0.15, -0.1) is 24.0 Å². The molecular weight excluding hydrogens is 470 g/mol. The topological polar surface area (TPSA) is 57.5 Å². The van der Waals surface area contributed by atoms with E-state index in [2.05, 4.69) is 27.6 Å². The number of hydrogen-bond acceptors (Lipinski definition) is 3. The van der Waals surface area contributed by atoms with E-state index in [0.29, 0.717) is 13.1 Å². The van der Waals surface area contributed by atoms with Crippen LogP contribution in [0.15, 0.2) is 29.3 Å². The van der Waals surface area contributed by atoms with Crippen LogP contribution in [0.25, 0.3) is 0 Å². The molecule has 0 fully saturated rings. The third-order valence-corrected chi connectivity index (χ3v) is 4.72. The summed E-state index contributed by atoms with van der Waals surface area (Å²) in [6, 6.07) is 6.77. The molecule has 0 radical (unpaired) electrons. The standard InChI is InChI=1S/C20H31FN6.HI/c1-7-22-20(23-12-18-14(2)25-27(6)15(18)3)24-13-19(26(4)5)16-9-8-10-17(21)11-16;/h8-11,19H,7,12-13H2,1-6H3,(H2,22,23,24);1H. The van der Waals surface area contributed by atoms with Crippen LogP contribution in [0.4, 0.5) is 4.39 Å². The van der Waals surface area contributed by atoms with E-state index in [4.69, 9.17) is 4.99 Å². The highest BCUT2D eigenvalue weighted by molar-refractivity contribution is 14.0. The van der Waals surface area contributed by atoms with Gasteiger partial charge in [-0.2, -0.15) is 5.10 Å². The molecule has 0 aliphatic heterocycles. The monoisotopic (exact) mass is 502 g/mol. The Kier molecular flexibility index (Phi) is 9.88. The van der Waals surface area contributed by atoms with E-state index >= 15 is 0 Å². The van der Waals surface area contributed by atoms with Gasteiger partial charge in [-0.25, -0.2) is 9.38 Å². The van der Waals surface area contributed by atoms with Crippen molar-refractivity contribution in [3.05, 3.63) is 52.6 Å². The molecule has 0 saturated heterocycles. The Balaban J connectivity index is 0.00000392. The molecule has 0 spiro atoms. The number of aliphatic imine (C=N–C) groups is 1. The number of aryl methyl sites for hydroxylation is 2. The first-order chi connectivity index (χ1) is 12.8. The number of likely N-dealkylation sites (N-methyl/N-ethyl adjacent to an activating group) is 1. The molecule has 0 bridgehead atoms. The minimum atomic E-state index is -0.220. The van der Waals surface area contributed by atoms with E-state index in [1.807, 2.05) is 45.7 Å². The van der Waals surface area contributed by atoms with Gasteiger partial charge in [-0.1, -0.05) is 12.1 Å². The Morgan fingerprint density at radius 1 is 1.29 bits per heavy atom. The number of halogens is 2. The summed E-state index contributed by atoms with van der Waals surface area (Å²) in [6.07, 6.45) is 0. The maximum Gasteiger partial charge on any atom is 0.191 e. The summed E-state index contributed by atoms with van der Waals surface area (Å²) in [5, 5.41) is 11.1. The van der Waals surface area contributed by atoms with E-state index in [9.17, 15) is 4.39 Å². The predicted molar refractivity (Wildman–Crippen MR) is 124 cm³/mol. The highest BCUT2D eigenvalue weighted by Crippen LogP contribution is 2.18. The van der Waals surface area contributed by atoms with Gasteiger partial charge in [0.2, 0.25) is 0 Å². The van der Waals surface area contributed by atoms with Crippen LogP contribution in [-0.4, -0.2) is 47.8 Å². The first-order valence-corrected chi connectivity index (χ1v) is 9.26. The first kappa shape index (κ1) is 24.4. The lowest BCUT2D eigenvalue weighted by Crippen LogP contribution is -2.41. The summed E-state index contributed by atoms with van der Waals surface area (Å²) in [5.74, 6) is 0.519. The summed E-state index contributed by atoms with van der Waals surface area (Å²) < 4.78 is 15.5. The van der Waals surface area contributed by atoms with Crippen molar-refractivity contribution in [3.8, 4) is 0 Å². The summed E-state index contributed by atoms with van der Waals surface area (Å²) >= 11 is 0. The second-order valence-corrected chi connectivity index (χ2v) is 6.88. The number of nitrogens with one attached hydrogen (secondary N) is 2. The first-order valence-electron chi connectivity index (χ1n) is 9.26. The van der Waals surface area contributed by atoms with Crippen molar-refractivity contribution in [2.45, 2.75) is 33.4 Å². The minimum Gasteiger partial charge on any atom is -0.357 e. The van der Waals surface area contributed by atoms with Gasteiger partial charge >= 0.3 is 0 Å². The maximum atomic E-state index is 13.6. The Morgan fingerprint density at radius 3 is 2.54 bits per heavy atom. The van der Waals surface area contributed by atoms with Gasteiger partial charge in [-0.3, -0.25) is 4.68 Å². The highest BCUT2D eigenvalue weighted by atomic mass is 127. The van der Waals surface area contributed by atoms with E-state index in [-0.39, 0.29) is 35.8 Å². The largest absolute Gasteiger partial charge is 0.357 e. The summed E-state index contributed by atoms with van der Waals surface area (Å²) in [6.45, 7) is 8.04. The van der Waals surface area contributed by atoms with Crippen LogP contribution in [0, 0.1) is 19.7 Å². The second-order valence-electron chi connectivity index (χ2n) is 6.88. The van der Waals surface area contributed by atoms with E-state index < -0.39 is 0 Å². The van der Waals surface area contributed by atoms with Gasteiger partial charge < -0.3 is 15.5 Å². The summed E-state index contributed by atoms with van der Waals surface area (Å²) in [5.41, 5.74) is 4.20. The fourth-order valence-electron chi connectivity index (χ4n) is 3.05. The molecule has 6 nitrogen and oxygen atoms in total. The van der Waals surface area contributed by atoms with E-state index in [1.165, 1.54) is 6.07 Å². The summed E-state index contributed by atoms with van der Waals surface area (Å²) in [4.78, 5) is 6.78. The van der Waals surface area contributed by atoms with Gasteiger partial charge in [0, 0.05) is 31.4 Å². The Hall–Kier alpha value is -1.68. The number of rotatable bonds is 7.